The number of aromatic nitrogens is 4. The van der Waals surface area contributed by atoms with Gasteiger partial charge >= 0.3 is 12.1 Å². The number of amides is 1. The van der Waals surface area contributed by atoms with E-state index < -0.39 is 46.5 Å². The molecule has 0 aromatic carbocycles. The van der Waals surface area contributed by atoms with Crippen LogP contribution in [0.5, 0.6) is 0 Å². The lowest BCUT2D eigenvalue weighted by molar-refractivity contribution is -0.158. The van der Waals surface area contributed by atoms with Gasteiger partial charge in [0.25, 0.3) is 5.91 Å². The topological polar surface area (TPSA) is 102 Å². The third-order valence-electron chi connectivity index (χ3n) is 4.34. The van der Waals surface area contributed by atoms with Crippen LogP contribution in [0.15, 0.2) is 11.3 Å². The molecule has 1 aromatic rings. The fraction of sp³-hybridized carbons (Fsp3) is 0.588. The number of nitrogens with zero attached hydrogens (tertiary/aromatic N) is 5. The van der Waals surface area contributed by atoms with Crippen LogP contribution in [0.25, 0.3) is 0 Å². The van der Waals surface area contributed by atoms with Crippen LogP contribution in [0, 0.1) is 0 Å². The molecule has 0 radical (unpaired) electrons. The Hall–Kier alpha value is -2.13. The van der Waals surface area contributed by atoms with Crippen molar-refractivity contribution in [2.45, 2.75) is 50.4 Å². The van der Waals surface area contributed by atoms with Gasteiger partial charge in [-0.1, -0.05) is 24.4 Å². The maximum absolute atomic E-state index is 13.0. The maximum atomic E-state index is 13.0. The van der Waals surface area contributed by atoms with E-state index in [1.165, 1.54) is 21.3 Å². The van der Waals surface area contributed by atoms with E-state index in [-0.39, 0.29) is 22.1 Å². The number of carbonyl (C=O) groups excluding carboxylic acids is 2. The molecule has 2 atom stereocenters. The Morgan fingerprint density at radius 1 is 1.31 bits per heavy atom. The van der Waals surface area contributed by atoms with E-state index >= 15 is 0 Å². The Morgan fingerprint density at radius 2 is 1.97 bits per heavy atom. The van der Waals surface area contributed by atoms with Gasteiger partial charge in [-0.25, -0.2) is 9.48 Å². The van der Waals surface area contributed by atoms with Gasteiger partial charge in [0.2, 0.25) is 0 Å². The first kappa shape index (κ1) is 24.5. The zero-order valence-corrected chi connectivity index (χ0v) is 19.8. The summed E-state index contributed by atoms with van der Waals surface area (Å²) in [6.45, 7) is 5.01. The molecule has 3 heterocycles. The van der Waals surface area contributed by atoms with E-state index in [2.05, 4.69) is 20.8 Å². The van der Waals surface area contributed by atoms with E-state index in [9.17, 15) is 22.8 Å². The Bertz CT molecular complexity index is 1020. The first-order valence-electron chi connectivity index (χ1n) is 9.24. The average molecular weight is 509 g/mol. The number of carbonyl (C=O) groups is 2. The van der Waals surface area contributed by atoms with Gasteiger partial charge in [-0.05, 0) is 31.2 Å². The van der Waals surface area contributed by atoms with E-state index in [0.717, 1.165) is 0 Å². The Labute approximate surface area is 196 Å². The van der Waals surface area contributed by atoms with E-state index in [1.807, 2.05) is 0 Å². The molecule has 1 N–H and O–H groups in total. The number of nitrogens with one attached hydrogen (secondary N) is 1. The van der Waals surface area contributed by atoms with Crippen molar-refractivity contribution in [1.29, 1.82) is 0 Å². The number of hydrogen-bond donors (Lipinski definition) is 1. The first-order valence-corrected chi connectivity index (χ1v) is 11.1. The number of hydrogen-bond acceptors (Lipinski definition) is 9. The molecule has 0 saturated carbocycles. The minimum atomic E-state index is -4.50. The Balaban J connectivity index is 1.93. The van der Waals surface area contributed by atoms with Crippen LogP contribution in [0.2, 0.25) is 0 Å². The minimum absolute atomic E-state index is 0.0681. The summed E-state index contributed by atoms with van der Waals surface area (Å²) in [5.74, 6) is -0.966. The number of alkyl halides is 3. The number of aryl methyl sites for hydroxylation is 1. The monoisotopic (exact) mass is 508 g/mol. The number of fused-ring (bicyclic) bond motifs is 1. The molecular formula is C17H19F3N6O3S3. The van der Waals surface area contributed by atoms with Crippen LogP contribution < -0.4 is 5.32 Å². The van der Waals surface area contributed by atoms with Gasteiger partial charge in [0, 0.05) is 18.4 Å². The molecule has 0 bridgehead atoms. The van der Waals surface area contributed by atoms with Gasteiger partial charge in [0.15, 0.2) is 5.82 Å². The van der Waals surface area contributed by atoms with Crippen LogP contribution >= 0.6 is 36.2 Å². The minimum Gasteiger partial charge on any atom is -0.455 e. The second-order valence-corrected chi connectivity index (χ2v) is 10.0. The van der Waals surface area contributed by atoms with Gasteiger partial charge < -0.3 is 10.1 Å². The smallest absolute Gasteiger partial charge is 0.395 e. The highest BCUT2D eigenvalue weighted by molar-refractivity contribution is 8.00. The molecule has 2 aliphatic rings. The van der Waals surface area contributed by atoms with Crippen molar-refractivity contribution in [3.63, 3.8) is 0 Å². The molecule has 0 aliphatic carbocycles. The summed E-state index contributed by atoms with van der Waals surface area (Å²) in [5.41, 5.74) is -0.595. The van der Waals surface area contributed by atoms with E-state index in [0.29, 0.717) is 5.57 Å². The highest BCUT2D eigenvalue weighted by Crippen LogP contribution is 2.42. The van der Waals surface area contributed by atoms with Crippen molar-refractivity contribution in [2.75, 3.05) is 5.75 Å². The zero-order valence-electron chi connectivity index (χ0n) is 17.4. The average Bonchev–Trinajstić information content (AvgIpc) is 3.07. The molecule has 174 valence electrons. The van der Waals surface area contributed by atoms with Crippen LogP contribution in [-0.2, 0) is 21.4 Å². The molecule has 3 rings (SSSR count). The summed E-state index contributed by atoms with van der Waals surface area (Å²) >= 11 is 11.5. The largest absolute Gasteiger partial charge is 0.455 e. The molecule has 1 saturated heterocycles. The third-order valence-corrected chi connectivity index (χ3v) is 6.31. The summed E-state index contributed by atoms with van der Waals surface area (Å²) in [6.07, 6.45) is -5.84. The summed E-state index contributed by atoms with van der Waals surface area (Å²) in [4.78, 5) is 26.8. The number of tetrazole rings is 1. The number of rotatable bonds is 5. The highest BCUT2D eigenvalue weighted by atomic mass is 32.2. The predicted molar refractivity (Wildman–Crippen MR) is 117 cm³/mol. The molecule has 2 aliphatic heterocycles. The summed E-state index contributed by atoms with van der Waals surface area (Å²) in [7, 11) is 1.57. The second kappa shape index (κ2) is 8.67. The molecule has 32 heavy (non-hydrogen) atoms. The number of esters is 1. The normalized spacial score (nSPS) is 21.1. The number of thioether (sulfide) groups is 1. The quantitative estimate of drug-likeness (QED) is 0.274. The Kier molecular flexibility index (Phi) is 6.64. The lowest BCUT2D eigenvalue weighted by Crippen LogP contribution is -2.70. The second-order valence-electron chi connectivity index (χ2n) is 8.03. The summed E-state index contributed by atoms with van der Waals surface area (Å²) < 4.78 is 44.6. The molecule has 1 unspecified atom stereocenters. The molecule has 0 spiro atoms. The fourth-order valence-electron chi connectivity index (χ4n) is 3.07. The number of halogens is 3. The van der Waals surface area contributed by atoms with E-state index in [1.54, 1.807) is 27.8 Å². The molecule has 1 fully saturated rings. The fourth-order valence-corrected chi connectivity index (χ4v) is 5.15. The van der Waals surface area contributed by atoms with Gasteiger partial charge in [-0.3, -0.25) is 9.69 Å². The van der Waals surface area contributed by atoms with Gasteiger partial charge in [0.1, 0.15) is 22.7 Å². The van der Waals surface area contributed by atoms with Gasteiger partial charge in [0.05, 0.1) is 16.3 Å². The highest BCUT2D eigenvalue weighted by Gasteiger charge is 2.55. The third kappa shape index (κ3) is 5.09. The SMILES string of the molecule is Cn1nnnc1C(=S)C1=C(C(=O)OC(C)(C)C)N2C(=O)C(NC(=S)CC(F)(F)F)[C@@H]2SC1. The van der Waals surface area contributed by atoms with Crippen molar-refractivity contribution in [2.24, 2.45) is 7.05 Å². The lowest BCUT2D eigenvalue weighted by atomic mass is 10.0. The number of thiocarbonyl (C=S) groups is 2. The number of ether oxygens (including phenoxy) is 1. The van der Waals surface area contributed by atoms with Crippen LogP contribution in [0.4, 0.5) is 13.2 Å². The molecule has 1 amide bonds. The molecule has 1 aromatic heterocycles. The first-order chi connectivity index (χ1) is 14.7. The standard InChI is InChI=1S/C17H19F3N6O3S3/c1-16(2,3)29-15(28)10-7(11(31)12-22-23-24-25(12)4)6-32-14-9(13(27)26(10)14)21-8(30)5-17(18,19)20/h9,14H,5-6H2,1-4H3,(H,21,30)/t9?,14-/m0/s1. The summed E-state index contributed by atoms with van der Waals surface area (Å²) in [5, 5.41) is 12.9. The number of β-lactam (4-membered cyclic amide) rings is 1. The maximum Gasteiger partial charge on any atom is 0.395 e. The van der Waals surface area contributed by atoms with Crippen molar-refractivity contribution in [3.05, 3.63) is 17.1 Å². The summed E-state index contributed by atoms with van der Waals surface area (Å²) in [6, 6.07) is -1.00. The van der Waals surface area contributed by atoms with Gasteiger partial charge in [-0.2, -0.15) is 13.2 Å². The van der Waals surface area contributed by atoms with Crippen molar-refractivity contribution in [1.82, 2.24) is 30.4 Å². The van der Waals surface area contributed by atoms with Crippen molar-refractivity contribution < 1.29 is 27.5 Å². The molecular weight excluding hydrogens is 489 g/mol. The van der Waals surface area contributed by atoms with Crippen molar-refractivity contribution >= 4 is 57.9 Å². The lowest BCUT2D eigenvalue weighted by Gasteiger charge is -2.50. The van der Waals surface area contributed by atoms with Crippen LogP contribution in [0.3, 0.4) is 0 Å². The van der Waals surface area contributed by atoms with Crippen LogP contribution in [-0.4, -0.2) is 75.8 Å². The molecule has 9 nitrogen and oxygen atoms in total. The van der Waals surface area contributed by atoms with E-state index in [4.69, 9.17) is 29.2 Å². The molecule has 15 heteroatoms. The zero-order chi connectivity index (χ0) is 24.0. The Morgan fingerprint density at radius 3 is 2.50 bits per heavy atom. The van der Waals surface area contributed by atoms with Crippen molar-refractivity contribution in [3.8, 4) is 0 Å². The predicted octanol–water partition coefficient (Wildman–Crippen LogP) is 1.68. The van der Waals surface area contributed by atoms with Gasteiger partial charge in [-0.15, -0.1) is 16.9 Å². The van der Waals surface area contributed by atoms with Crippen LogP contribution in [0.1, 0.15) is 33.0 Å².